The summed E-state index contributed by atoms with van der Waals surface area (Å²) in [5.41, 5.74) is 4.18. The van der Waals surface area contributed by atoms with E-state index in [1.807, 2.05) is 29.3 Å². The highest BCUT2D eigenvalue weighted by Gasteiger charge is 2.21. The Bertz CT molecular complexity index is 1070. The number of aromatic nitrogens is 1. The molecule has 2 heterocycles. The summed E-state index contributed by atoms with van der Waals surface area (Å²) in [4.78, 5) is 22.0. The van der Waals surface area contributed by atoms with E-state index in [9.17, 15) is 9.18 Å². The molecule has 0 radical (unpaired) electrons. The van der Waals surface area contributed by atoms with Crippen molar-refractivity contribution in [2.75, 3.05) is 31.6 Å². The molecule has 0 saturated carbocycles. The lowest BCUT2D eigenvalue weighted by Gasteiger charge is -2.29. The van der Waals surface area contributed by atoms with Crippen LogP contribution in [0.3, 0.4) is 0 Å². The first-order chi connectivity index (χ1) is 14.7. The molecule has 1 aliphatic heterocycles. The van der Waals surface area contributed by atoms with E-state index in [2.05, 4.69) is 26.7 Å². The van der Waals surface area contributed by atoms with E-state index in [1.165, 1.54) is 11.6 Å². The molecule has 7 heteroatoms. The number of aromatic amines is 1. The second-order valence-electron chi connectivity index (χ2n) is 7.38. The molecule has 0 spiro atoms. The Hall–Kier alpha value is -3.35. The number of rotatable bonds is 5. The molecule has 0 unspecified atom stereocenters. The monoisotopic (exact) mass is 407 g/mol. The first-order valence-corrected chi connectivity index (χ1v) is 10.2. The first kappa shape index (κ1) is 19.9. The third-order valence-corrected chi connectivity index (χ3v) is 5.46. The number of anilines is 1. The van der Waals surface area contributed by atoms with Crippen molar-refractivity contribution in [3.63, 3.8) is 0 Å². The van der Waals surface area contributed by atoms with Gasteiger partial charge < -0.3 is 20.5 Å². The Morgan fingerprint density at radius 1 is 1.23 bits per heavy atom. The van der Waals surface area contributed by atoms with Crippen LogP contribution in [-0.2, 0) is 17.6 Å². The second kappa shape index (κ2) is 8.98. The van der Waals surface area contributed by atoms with Gasteiger partial charge in [-0.2, -0.15) is 0 Å². The number of guanidine groups is 1. The Morgan fingerprint density at radius 2 is 2.10 bits per heavy atom. The van der Waals surface area contributed by atoms with Crippen molar-refractivity contribution in [1.29, 1.82) is 0 Å². The summed E-state index contributed by atoms with van der Waals surface area (Å²) in [7, 11) is 1.68. The highest BCUT2D eigenvalue weighted by molar-refractivity contribution is 5.98. The van der Waals surface area contributed by atoms with E-state index in [0.29, 0.717) is 18.9 Å². The van der Waals surface area contributed by atoms with Crippen molar-refractivity contribution in [3.8, 4) is 0 Å². The van der Waals surface area contributed by atoms with Crippen LogP contribution in [0.5, 0.6) is 0 Å². The summed E-state index contributed by atoms with van der Waals surface area (Å²) in [5.74, 6) is 0.350. The smallest absolute Gasteiger partial charge is 0.246 e. The maximum absolute atomic E-state index is 13.5. The van der Waals surface area contributed by atoms with Crippen LogP contribution in [0.15, 0.2) is 53.7 Å². The van der Waals surface area contributed by atoms with Gasteiger partial charge in [-0.25, -0.2) is 4.39 Å². The Kier molecular flexibility index (Phi) is 5.97. The van der Waals surface area contributed by atoms with Gasteiger partial charge in [0.15, 0.2) is 5.96 Å². The third kappa shape index (κ3) is 4.30. The van der Waals surface area contributed by atoms with Gasteiger partial charge in [-0.05, 0) is 54.7 Å². The number of carbonyl (C=O) groups excluding carboxylic acids is 1. The van der Waals surface area contributed by atoms with Crippen molar-refractivity contribution in [2.24, 2.45) is 4.99 Å². The summed E-state index contributed by atoms with van der Waals surface area (Å²) in [5, 5.41) is 7.22. The van der Waals surface area contributed by atoms with Gasteiger partial charge in [0.05, 0.1) is 6.54 Å². The number of nitrogens with zero attached hydrogens (tertiary/aromatic N) is 2. The zero-order valence-electron chi connectivity index (χ0n) is 17.0. The van der Waals surface area contributed by atoms with E-state index < -0.39 is 0 Å². The van der Waals surface area contributed by atoms with Gasteiger partial charge in [-0.1, -0.05) is 18.2 Å². The van der Waals surface area contributed by atoms with Crippen LogP contribution in [0, 0.1) is 5.82 Å². The largest absolute Gasteiger partial charge is 0.361 e. The minimum atomic E-state index is -0.244. The molecule has 2 aromatic carbocycles. The molecule has 0 aliphatic carbocycles. The van der Waals surface area contributed by atoms with Gasteiger partial charge in [0.1, 0.15) is 5.82 Å². The van der Waals surface area contributed by atoms with E-state index in [4.69, 9.17) is 0 Å². The van der Waals surface area contributed by atoms with Crippen LogP contribution in [0.4, 0.5) is 10.1 Å². The second-order valence-corrected chi connectivity index (χ2v) is 7.38. The number of hydrogen-bond donors (Lipinski definition) is 3. The SMILES string of the molecule is CN=C(NCCc1c[nH]c2ccc(F)cc12)NCC(=O)N1CCCc2ccccc21. The Balaban J connectivity index is 1.30. The number of H-pyrrole nitrogens is 1. The summed E-state index contributed by atoms with van der Waals surface area (Å²) < 4.78 is 13.5. The van der Waals surface area contributed by atoms with E-state index in [0.717, 1.165) is 41.5 Å². The first-order valence-electron chi connectivity index (χ1n) is 10.2. The number of aryl methyl sites for hydroxylation is 1. The van der Waals surface area contributed by atoms with Gasteiger partial charge >= 0.3 is 0 Å². The number of nitrogens with one attached hydrogen (secondary N) is 3. The fourth-order valence-corrected chi connectivity index (χ4v) is 3.94. The minimum Gasteiger partial charge on any atom is -0.361 e. The average Bonchev–Trinajstić information content (AvgIpc) is 3.17. The maximum atomic E-state index is 13.5. The molecule has 1 aliphatic rings. The zero-order chi connectivity index (χ0) is 20.9. The van der Waals surface area contributed by atoms with Crippen LogP contribution in [0.1, 0.15) is 17.5 Å². The van der Waals surface area contributed by atoms with Gasteiger partial charge in [-0.15, -0.1) is 0 Å². The third-order valence-electron chi connectivity index (χ3n) is 5.46. The zero-order valence-corrected chi connectivity index (χ0v) is 17.0. The molecule has 0 atom stereocenters. The molecule has 1 amide bonds. The quantitative estimate of drug-likeness (QED) is 0.450. The standard InChI is InChI=1S/C23H26FN5O/c1-25-23(26-11-10-17-14-27-20-9-8-18(24)13-19(17)20)28-15-22(30)29-12-4-6-16-5-2-3-7-21(16)29/h2-3,5,7-9,13-14,27H,4,6,10-12,15H2,1H3,(H2,25,26,28). The molecular weight excluding hydrogens is 381 g/mol. The van der Waals surface area contributed by atoms with Crippen LogP contribution < -0.4 is 15.5 Å². The molecule has 4 rings (SSSR count). The molecule has 0 fully saturated rings. The van der Waals surface area contributed by atoms with Crippen LogP contribution in [0.25, 0.3) is 10.9 Å². The number of hydrogen-bond acceptors (Lipinski definition) is 2. The van der Waals surface area contributed by atoms with Crippen molar-refractivity contribution in [2.45, 2.75) is 19.3 Å². The maximum Gasteiger partial charge on any atom is 0.246 e. The number of para-hydroxylation sites is 1. The summed E-state index contributed by atoms with van der Waals surface area (Å²) >= 11 is 0. The minimum absolute atomic E-state index is 0.0252. The summed E-state index contributed by atoms with van der Waals surface area (Å²) in [6, 6.07) is 12.8. The normalized spacial score (nSPS) is 13.9. The lowest BCUT2D eigenvalue weighted by Crippen LogP contribution is -2.46. The van der Waals surface area contributed by atoms with Crippen molar-refractivity contribution in [1.82, 2.24) is 15.6 Å². The molecular formula is C23H26FN5O. The Morgan fingerprint density at radius 3 is 2.97 bits per heavy atom. The molecule has 1 aromatic heterocycles. The fraction of sp³-hybridized carbons (Fsp3) is 0.304. The lowest BCUT2D eigenvalue weighted by atomic mass is 10.0. The number of amides is 1. The number of halogens is 1. The van der Waals surface area contributed by atoms with Crippen molar-refractivity contribution in [3.05, 3.63) is 65.6 Å². The van der Waals surface area contributed by atoms with Crippen LogP contribution in [-0.4, -0.2) is 43.5 Å². The van der Waals surface area contributed by atoms with Gasteiger partial charge in [0.2, 0.25) is 5.91 Å². The van der Waals surface area contributed by atoms with Crippen molar-refractivity contribution < 1.29 is 9.18 Å². The molecule has 0 bridgehead atoms. The number of benzene rings is 2. The van der Waals surface area contributed by atoms with Crippen LogP contribution >= 0.6 is 0 Å². The summed E-state index contributed by atoms with van der Waals surface area (Å²) in [6.45, 7) is 1.52. The van der Waals surface area contributed by atoms with E-state index in [-0.39, 0.29) is 18.3 Å². The highest BCUT2D eigenvalue weighted by Crippen LogP contribution is 2.26. The highest BCUT2D eigenvalue weighted by atomic mass is 19.1. The molecule has 3 N–H and O–H groups in total. The predicted octanol–water partition coefficient (Wildman–Crippen LogP) is 2.99. The molecule has 6 nitrogen and oxygen atoms in total. The lowest BCUT2D eigenvalue weighted by molar-refractivity contribution is -0.117. The average molecular weight is 407 g/mol. The molecule has 30 heavy (non-hydrogen) atoms. The van der Waals surface area contributed by atoms with Gasteiger partial charge in [0.25, 0.3) is 0 Å². The van der Waals surface area contributed by atoms with Gasteiger partial charge in [0, 0.05) is 42.9 Å². The number of fused-ring (bicyclic) bond motifs is 2. The Labute approximate surface area is 175 Å². The van der Waals surface area contributed by atoms with Crippen molar-refractivity contribution >= 4 is 28.5 Å². The fourth-order valence-electron chi connectivity index (χ4n) is 3.94. The number of carbonyl (C=O) groups is 1. The predicted molar refractivity (Wildman–Crippen MR) is 118 cm³/mol. The number of aliphatic imine (C=N–C) groups is 1. The molecule has 156 valence electrons. The van der Waals surface area contributed by atoms with E-state index in [1.54, 1.807) is 19.2 Å². The summed E-state index contributed by atoms with van der Waals surface area (Å²) in [6.07, 6.45) is 4.59. The van der Waals surface area contributed by atoms with E-state index >= 15 is 0 Å². The molecule has 0 saturated heterocycles. The van der Waals surface area contributed by atoms with Crippen LogP contribution in [0.2, 0.25) is 0 Å². The molecule has 3 aromatic rings. The topological polar surface area (TPSA) is 72.5 Å². The van der Waals surface area contributed by atoms with Gasteiger partial charge in [-0.3, -0.25) is 9.79 Å².